The zero-order valence-corrected chi connectivity index (χ0v) is 8.06. The van der Waals surface area contributed by atoms with Gasteiger partial charge in [-0.2, -0.15) is 0 Å². The molecule has 0 fully saturated rings. The summed E-state index contributed by atoms with van der Waals surface area (Å²) in [7, 11) is 0. The van der Waals surface area contributed by atoms with E-state index in [1.165, 1.54) is 0 Å². The van der Waals surface area contributed by atoms with Crippen LogP contribution in [-0.2, 0) is 0 Å². The van der Waals surface area contributed by atoms with Crippen molar-refractivity contribution in [2.75, 3.05) is 11.9 Å². The molecule has 0 spiro atoms. The van der Waals surface area contributed by atoms with Gasteiger partial charge in [0.05, 0.1) is 5.69 Å². The largest absolute Gasteiger partial charge is 0.360 e. The molecule has 2 aromatic rings. The van der Waals surface area contributed by atoms with Crippen molar-refractivity contribution in [3.8, 4) is 10.7 Å². The Kier molecular flexibility index (Phi) is 2.27. The van der Waals surface area contributed by atoms with Crippen LogP contribution in [0.4, 0.5) is 5.13 Å². The van der Waals surface area contributed by atoms with Gasteiger partial charge in [0.2, 0.25) is 5.13 Å². The highest BCUT2D eigenvalue weighted by Gasteiger charge is 2.05. The first-order valence-electron chi connectivity index (χ1n) is 4.11. The Balaban J connectivity index is 2.23. The fourth-order valence-electron chi connectivity index (χ4n) is 1.02. The topological polar surface area (TPSA) is 53.6 Å². The van der Waals surface area contributed by atoms with Crippen LogP contribution in [0.25, 0.3) is 10.7 Å². The third-order valence-corrected chi connectivity index (χ3v) is 2.50. The van der Waals surface area contributed by atoms with E-state index in [2.05, 4.69) is 20.5 Å². The Bertz CT molecular complexity index is 365. The lowest BCUT2D eigenvalue weighted by molar-refractivity contribution is 1.07. The minimum absolute atomic E-state index is 0.868. The number of H-pyrrole nitrogens is 1. The third kappa shape index (κ3) is 1.70. The van der Waals surface area contributed by atoms with E-state index in [0.29, 0.717) is 0 Å². The maximum Gasteiger partial charge on any atom is 0.206 e. The molecular weight excluding hydrogens is 184 g/mol. The second-order valence-electron chi connectivity index (χ2n) is 2.53. The van der Waals surface area contributed by atoms with Gasteiger partial charge in [0, 0.05) is 12.7 Å². The molecule has 0 saturated heterocycles. The molecule has 0 atom stereocenters. The summed E-state index contributed by atoms with van der Waals surface area (Å²) in [6.07, 6.45) is 1.88. The van der Waals surface area contributed by atoms with Crippen LogP contribution in [-0.4, -0.2) is 21.7 Å². The van der Waals surface area contributed by atoms with Gasteiger partial charge in [-0.3, -0.25) is 0 Å². The molecule has 2 aromatic heterocycles. The Morgan fingerprint density at radius 2 is 2.46 bits per heavy atom. The first kappa shape index (κ1) is 8.25. The molecule has 5 heteroatoms. The van der Waals surface area contributed by atoms with Crippen molar-refractivity contribution in [1.82, 2.24) is 15.2 Å². The summed E-state index contributed by atoms with van der Waals surface area (Å²) in [6, 6.07) is 3.93. The van der Waals surface area contributed by atoms with E-state index in [4.69, 9.17) is 0 Å². The summed E-state index contributed by atoms with van der Waals surface area (Å²) in [5.74, 6) is 0. The van der Waals surface area contributed by atoms with E-state index in [1.807, 2.05) is 25.3 Å². The quantitative estimate of drug-likeness (QED) is 0.785. The molecule has 4 nitrogen and oxygen atoms in total. The molecule has 68 valence electrons. The molecule has 0 aliphatic carbocycles. The normalized spacial score (nSPS) is 10.2. The maximum atomic E-state index is 4.05. The van der Waals surface area contributed by atoms with Gasteiger partial charge in [0.1, 0.15) is 0 Å². The van der Waals surface area contributed by atoms with Crippen molar-refractivity contribution in [3.63, 3.8) is 0 Å². The lowest BCUT2D eigenvalue weighted by atomic mass is 10.5. The average Bonchev–Trinajstić information content (AvgIpc) is 2.70. The molecule has 0 aliphatic rings. The molecule has 2 rings (SSSR count). The van der Waals surface area contributed by atoms with Crippen LogP contribution in [0.15, 0.2) is 18.3 Å². The molecule has 0 amide bonds. The van der Waals surface area contributed by atoms with Gasteiger partial charge in [0.25, 0.3) is 0 Å². The zero-order chi connectivity index (χ0) is 9.10. The van der Waals surface area contributed by atoms with Crippen molar-refractivity contribution >= 4 is 16.5 Å². The zero-order valence-electron chi connectivity index (χ0n) is 7.24. The fourth-order valence-corrected chi connectivity index (χ4v) is 1.82. The first-order valence-corrected chi connectivity index (χ1v) is 4.93. The molecule has 0 bridgehead atoms. The summed E-state index contributed by atoms with van der Waals surface area (Å²) >= 11 is 1.55. The molecule has 0 radical (unpaired) electrons. The van der Waals surface area contributed by atoms with Gasteiger partial charge in [-0.05, 0) is 19.1 Å². The van der Waals surface area contributed by atoms with Gasteiger partial charge >= 0.3 is 0 Å². The van der Waals surface area contributed by atoms with Crippen LogP contribution in [0.3, 0.4) is 0 Å². The summed E-state index contributed by atoms with van der Waals surface area (Å²) in [4.78, 5) is 3.09. The Morgan fingerprint density at radius 1 is 1.54 bits per heavy atom. The Labute approximate surface area is 80.0 Å². The molecule has 0 aromatic carbocycles. The van der Waals surface area contributed by atoms with Gasteiger partial charge in [0.15, 0.2) is 5.01 Å². The number of nitrogens with one attached hydrogen (secondary N) is 2. The molecule has 0 aliphatic heterocycles. The van der Waals surface area contributed by atoms with Crippen LogP contribution in [0.2, 0.25) is 0 Å². The Hall–Kier alpha value is -1.36. The van der Waals surface area contributed by atoms with Crippen molar-refractivity contribution in [3.05, 3.63) is 18.3 Å². The van der Waals surface area contributed by atoms with Crippen molar-refractivity contribution in [2.24, 2.45) is 0 Å². The van der Waals surface area contributed by atoms with Crippen molar-refractivity contribution < 1.29 is 0 Å². The number of aromatic nitrogens is 3. The highest BCUT2D eigenvalue weighted by Crippen LogP contribution is 2.24. The fraction of sp³-hybridized carbons (Fsp3) is 0.250. The lowest BCUT2D eigenvalue weighted by Gasteiger charge is -1.91. The van der Waals surface area contributed by atoms with E-state index >= 15 is 0 Å². The molecule has 2 N–H and O–H groups in total. The predicted molar refractivity (Wildman–Crippen MR) is 53.9 cm³/mol. The van der Waals surface area contributed by atoms with Crippen molar-refractivity contribution in [2.45, 2.75) is 6.92 Å². The summed E-state index contributed by atoms with van der Waals surface area (Å²) < 4.78 is 0. The van der Waals surface area contributed by atoms with Crippen LogP contribution in [0, 0.1) is 0 Å². The van der Waals surface area contributed by atoms with Gasteiger partial charge < -0.3 is 10.3 Å². The standard InChI is InChI=1S/C8H10N4S/c1-2-9-8-12-11-7(13-8)6-4-3-5-10-6/h3-5,10H,2H2,1H3,(H,9,12). The minimum Gasteiger partial charge on any atom is -0.360 e. The summed E-state index contributed by atoms with van der Waals surface area (Å²) in [5, 5.41) is 13.0. The lowest BCUT2D eigenvalue weighted by Crippen LogP contribution is -1.94. The van der Waals surface area contributed by atoms with Crippen LogP contribution in [0.5, 0.6) is 0 Å². The minimum atomic E-state index is 0.868. The number of hydrogen-bond donors (Lipinski definition) is 2. The summed E-state index contributed by atoms with van der Waals surface area (Å²) in [5.41, 5.74) is 1.02. The number of rotatable bonds is 3. The predicted octanol–water partition coefficient (Wildman–Crippen LogP) is 1.96. The van der Waals surface area contributed by atoms with Crippen LogP contribution in [0.1, 0.15) is 6.92 Å². The summed E-state index contributed by atoms with van der Waals surface area (Å²) in [6.45, 7) is 2.91. The van der Waals surface area contributed by atoms with Crippen LogP contribution < -0.4 is 5.32 Å². The van der Waals surface area contributed by atoms with E-state index in [-0.39, 0.29) is 0 Å². The number of aromatic amines is 1. The smallest absolute Gasteiger partial charge is 0.206 e. The SMILES string of the molecule is CCNc1nnc(-c2ccc[nH]2)s1. The second kappa shape index (κ2) is 3.57. The molecule has 0 unspecified atom stereocenters. The number of anilines is 1. The second-order valence-corrected chi connectivity index (χ2v) is 3.50. The maximum absolute atomic E-state index is 4.05. The number of hydrogen-bond acceptors (Lipinski definition) is 4. The highest BCUT2D eigenvalue weighted by molar-refractivity contribution is 7.18. The molecule has 2 heterocycles. The van der Waals surface area contributed by atoms with E-state index in [9.17, 15) is 0 Å². The van der Waals surface area contributed by atoms with Crippen LogP contribution >= 0.6 is 11.3 Å². The highest BCUT2D eigenvalue weighted by atomic mass is 32.1. The third-order valence-electron chi connectivity index (χ3n) is 1.58. The van der Waals surface area contributed by atoms with Gasteiger partial charge in [-0.1, -0.05) is 11.3 Å². The van der Waals surface area contributed by atoms with E-state index < -0.39 is 0 Å². The van der Waals surface area contributed by atoms with Gasteiger partial charge in [-0.25, -0.2) is 0 Å². The molecular formula is C8H10N4S. The average molecular weight is 194 g/mol. The molecule has 13 heavy (non-hydrogen) atoms. The first-order chi connectivity index (χ1) is 6.40. The number of nitrogens with zero attached hydrogens (tertiary/aromatic N) is 2. The monoisotopic (exact) mass is 194 g/mol. The van der Waals surface area contributed by atoms with E-state index in [1.54, 1.807) is 11.3 Å². The van der Waals surface area contributed by atoms with E-state index in [0.717, 1.165) is 22.4 Å². The Morgan fingerprint density at radius 3 is 3.15 bits per heavy atom. The molecule has 0 saturated carbocycles. The van der Waals surface area contributed by atoms with Crippen molar-refractivity contribution in [1.29, 1.82) is 0 Å². The van der Waals surface area contributed by atoms with Gasteiger partial charge in [-0.15, -0.1) is 10.2 Å².